The normalized spacial score (nSPS) is 15.3. The summed E-state index contributed by atoms with van der Waals surface area (Å²) < 4.78 is 0. The zero-order valence-corrected chi connectivity index (χ0v) is 9.07. The summed E-state index contributed by atoms with van der Waals surface area (Å²) in [6.07, 6.45) is 5.29. The lowest BCUT2D eigenvalue weighted by molar-refractivity contribution is 0.0934. The number of nitrogens with zero attached hydrogens (tertiary/aromatic N) is 1. The van der Waals surface area contributed by atoms with Gasteiger partial charge in [-0.25, -0.2) is 0 Å². The van der Waals surface area contributed by atoms with Crippen LogP contribution in [0.4, 0.5) is 5.69 Å². The first-order valence-electron chi connectivity index (χ1n) is 5.50. The van der Waals surface area contributed by atoms with Crippen LogP contribution in [0.3, 0.4) is 0 Å². The fourth-order valence-electron chi connectivity index (χ4n) is 1.67. The third-order valence-electron chi connectivity index (χ3n) is 2.94. The van der Waals surface area contributed by atoms with Crippen molar-refractivity contribution in [3.63, 3.8) is 0 Å². The molecule has 0 atom stereocenters. The number of aromatic nitrogens is 1. The molecular weight excluding hydrogens is 204 g/mol. The molecule has 4 N–H and O–H groups in total. The van der Waals surface area contributed by atoms with E-state index in [-0.39, 0.29) is 5.91 Å². The van der Waals surface area contributed by atoms with Crippen LogP contribution in [0.5, 0.6) is 0 Å². The predicted octanol–water partition coefficient (Wildman–Crippen LogP) is 0.897. The van der Waals surface area contributed by atoms with Crippen molar-refractivity contribution in [2.75, 3.05) is 12.0 Å². The molecule has 16 heavy (non-hydrogen) atoms. The molecule has 2 rings (SSSR count). The van der Waals surface area contributed by atoms with Gasteiger partial charge in [-0.1, -0.05) is 6.42 Å². The van der Waals surface area contributed by atoms with E-state index in [1.54, 1.807) is 18.3 Å². The van der Waals surface area contributed by atoms with Gasteiger partial charge < -0.3 is 10.7 Å². The number of hydrazine groups is 1. The Morgan fingerprint density at radius 3 is 3.00 bits per heavy atom. The van der Waals surface area contributed by atoms with Crippen molar-refractivity contribution in [2.24, 2.45) is 11.8 Å². The summed E-state index contributed by atoms with van der Waals surface area (Å²) in [6, 6.07) is 3.35. The molecule has 1 aromatic heterocycles. The van der Waals surface area contributed by atoms with Crippen LogP contribution in [0.15, 0.2) is 18.3 Å². The molecule has 0 radical (unpaired) electrons. The second-order valence-electron chi connectivity index (χ2n) is 4.08. The molecule has 1 fully saturated rings. The fourth-order valence-corrected chi connectivity index (χ4v) is 1.67. The molecule has 0 aromatic carbocycles. The van der Waals surface area contributed by atoms with Gasteiger partial charge in [-0.05, 0) is 30.9 Å². The Balaban J connectivity index is 1.91. The van der Waals surface area contributed by atoms with Gasteiger partial charge in [0.25, 0.3) is 5.91 Å². The Morgan fingerprint density at radius 1 is 1.56 bits per heavy atom. The van der Waals surface area contributed by atoms with Crippen molar-refractivity contribution in [1.29, 1.82) is 0 Å². The number of nitrogens with one attached hydrogen (secondary N) is 2. The molecule has 1 heterocycles. The van der Waals surface area contributed by atoms with Crippen molar-refractivity contribution in [3.8, 4) is 0 Å². The van der Waals surface area contributed by atoms with E-state index in [2.05, 4.69) is 15.7 Å². The number of carbonyl (C=O) groups is 1. The van der Waals surface area contributed by atoms with Crippen LogP contribution in [-0.4, -0.2) is 17.4 Å². The van der Waals surface area contributed by atoms with Gasteiger partial charge >= 0.3 is 0 Å². The number of nitrogens with two attached hydrogens (primary N) is 1. The number of pyridine rings is 1. The lowest BCUT2D eigenvalue weighted by Crippen LogP contribution is -2.32. The van der Waals surface area contributed by atoms with Crippen LogP contribution in [0, 0.1) is 5.92 Å². The molecule has 1 amide bonds. The van der Waals surface area contributed by atoms with Crippen LogP contribution in [-0.2, 0) is 0 Å². The summed E-state index contributed by atoms with van der Waals surface area (Å²) in [7, 11) is 0. The summed E-state index contributed by atoms with van der Waals surface area (Å²) in [5, 5.41) is 2.88. The highest BCUT2D eigenvalue weighted by molar-refractivity contribution is 5.93. The van der Waals surface area contributed by atoms with Crippen molar-refractivity contribution in [3.05, 3.63) is 24.0 Å². The second kappa shape index (κ2) is 4.94. The van der Waals surface area contributed by atoms with E-state index in [1.165, 1.54) is 19.3 Å². The summed E-state index contributed by atoms with van der Waals surface area (Å²) in [5.41, 5.74) is 3.57. The molecule has 5 heteroatoms. The maximum atomic E-state index is 11.7. The molecular formula is C11H16N4O. The Kier molecular flexibility index (Phi) is 3.36. The van der Waals surface area contributed by atoms with Crippen molar-refractivity contribution < 1.29 is 4.79 Å². The Bertz CT molecular complexity index is 376. The standard InChI is InChI=1S/C11H16N4O/c12-15-9-4-5-13-10(6-9)11(16)14-7-8-2-1-3-8/h4-6,8H,1-3,7,12H2,(H,13,15)(H,14,16). The van der Waals surface area contributed by atoms with Gasteiger partial charge in [-0.3, -0.25) is 15.6 Å². The number of rotatable bonds is 4. The summed E-state index contributed by atoms with van der Waals surface area (Å²) in [4.78, 5) is 15.7. The summed E-state index contributed by atoms with van der Waals surface area (Å²) in [6.45, 7) is 0.751. The van der Waals surface area contributed by atoms with Gasteiger partial charge in [0.05, 0.1) is 5.69 Å². The predicted molar refractivity (Wildman–Crippen MR) is 61.7 cm³/mol. The minimum Gasteiger partial charge on any atom is -0.350 e. The Labute approximate surface area is 94.4 Å². The summed E-state index contributed by atoms with van der Waals surface area (Å²) >= 11 is 0. The van der Waals surface area contributed by atoms with Crippen molar-refractivity contribution in [2.45, 2.75) is 19.3 Å². The minimum absolute atomic E-state index is 0.135. The average Bonchev–Trinajstić information content (AvgIpc) is 2.27. The van der Waals surface area contributed by atoms with Gasteiger partial charge in [0.1, 0.15) is 5.69 Å². The third kappa shape index (κ3) is 2.49. The van der Waals surface area contributed by atoms with E-state index >= 15 is 0 Å². The van der Waals surface area contributed by atoms with Crippen LogP contribution in [0.25, 0.3) is 0 Å². The lowest BCUT2D eigenvalue weighted by Gasteiger charge is -2.25. The average molecular weight is 220 g/mol. The van der Waals surface area contributed by atoms with Crippen molar-refractivity contribution in [1.82, 2.24) is 10.3 Å². The number of anilines is 1. The van der Waals surface area contributed by atoms with E-state index in [0.717, 1.165) is 6.54 Å². The van der Waals surface area contributed by atoms with Gasteiger partial charge in [0, 0.05) is 12.7 Å². The van der Waals surface area contributed by atoms with E-state index in [4.69, 9.17) is 5.84 Å². The van der Waals surface area contributed by atoms with Gasteiger partial charge in [-0.2, -0.15) is 0 Å². The van der Waals surface area contributed by atoms with Gasteiger partial charge in [0.2, 0.25) is 0 Å². The molecule has 86 valence electrons. The van der Waals surface area contributed by atoms with Crippen molar-refractivity contribution >= 4 is 11.6 Å². The first-order valence-corrected chi connectivity index (χ1v) is 5.50. The molecule has 0 unspecified atom stereocenters. The maximum Gasteiger partial charge on any atom is 0.269 e. The van der Waals surface area contributed by atoms with Crippen LogP contribution >= 0.6 is 0 Å². The molecule has 1 saturated carbocycles. The Hall–Kier alpha value is -1.62. The quantitative estimate of drug-likeness (QED) is 0.520. The molecule has 1 aliphatic carbocycles. The van der Waals surface area contributed by atoms with Crippen LogP contribution < -0.4 is 16.6 Å². The highest BCUT2D eigenvalue weighted by Crippen LogP contribution is 2.25. The molecule has 5 nitrogen and oxygen atoms in total. The molecule has 0 saturated heterocycles. The van der Waals surface area contributed by atoms with E-state index in [9.17, 15) is 4.79 Å². The van der Waals surface area contributed by atoms with Crippen LogP contribution in [0.2, 0.25) is 0 Å². The number of carbonyl (C=O) groups excluding carboxylic acids is 1. The van der Waals surface area contributed by atoms with E-state index in [1.807, 2.05) is 0 Å². The smallest absolute Gasteiger partial charge is 0.269 e. The maximum absolute atomic E-state index is 11.7. The second-order valence-corrected chi connectivity index (χ2v) is 4.08. The zero-order valence-electron chi connectivity index (χ0n) is 9.07. The first kappa shape index (κ1) is 10.9. The van der Waals surface area contributed by atoms with E-state index in [0.29, 0.717) is 17.3 Å². The minimum atomic E-state index is -0.135. The molecule has 1 aliphatic rings. The Morgan fingerprint density at radius 2 is 2.38 bits per heavy atom. The topological polar surface area (TPSA) is 80.0 Å². The number of hydrogen-bond donors (Lipinski definition) is 3. The SMILES string of the molecule is NNc1ccnc(C(=O)NCC2CCC2)c1. The zero-order chi connectivity index (χ0) is 11.4. The highest BCUT2D eigenvalue weighted by Gasteiger charge is 2.18. The molecule has 0 aliphatic heterocycles. The van der Waals surface area contributed by atoms with Crippen LogP contribution in [0.1, 0.15) is 29.8 Å². The lowest BCUT2D eigenvalue weighted by atomic mass is 9.85. The monoisotopic (exact) mass is 220 g/mol. The summed E-state index contributed by atoms with van der Waals surface area (Å²) in [5.74, 6) is 5.78. The number of amides is 1. The van der Waals surface area contributed by atoms with Gasteiger partial charge in [0.15, 0.2) is 0 Å². The highest BCUT2D eigenvalue weighted by atomic mass is 16.1. The number of hydrogen-bond acceptors (Lipinski definition) is 4. The first-order chi connectivity index (χ1) is 7.79. The molecule has 1 aromatic rings. The largest absolute Gasteiger partial charge is 0.350 e. The third-order valence-corrected chi connectivity index (χ3v) is 2.94. The molecule has 0 spiro atoms. The van der Waals surface area contributed by atoms with E-state index < -0.39 is 0 Å². The number of nitrogen functional groups attached to an aromatic ring is 1. The molecule has 0 bridgehead atoms. The van der Waals surface area contributed by atoms with Gasteiger partial charge in [-0.15, -0.1) is 0 Å². The fraction of sp³-hybridized carbons (Fsp3) is 0.455.